The predicted octanol–water partition coefficient (Wildman–Crippen LogP) is 1.83. The summed E-state index contributed by atoms with van der Waals surface area (Å²) in [7, 11) is 1.72. The van der Waals surface area contributed by atoms with Crippen LogP contribution in [0.5, 0.6) is 11.5 Å². The van der Waals surface area contributed by atoms with Crippen molar-refractivity contribution in [1.82, 2.24) is 0 Å². The van der Waals surface area contributed by atoms with Crippen LogP contribution in [0.3, 0.4) is 0 Å². The molecule has 6 heteroatoms. The van der Waals surface area contributed by atoms with E-state index < -0.39 is 9.05 Å². The zero-order valence-electron chi connectivity index (χ0n) is 8.39. The monoisotopic (exact) mass is 262 g/mol. The second kappa shape index (κ2) is 4.14. The molecule has 1 atom stereocenters. The van der Waals surface area contributed by atoms with Crippen molar-refractivity contribution >= 4 is 19.7 Å². The largest absolute Gasteiger partial charge is 0.508 e. The number of hydrogen-bond acceptors (Lipinski definition) is 4. The molecule has 1 aromatic rings. The number of rotatable bonds is 2. The second-order valence-corrected chi connectivity index (χ2v) is 6.58. The summed E-state index contributed by atoms with van der Waals surface area (Å²) in [4.78, 5) is 0. The summed E-state index contributed by atoms with van der Waals surface area (Å²) in [6.45, 7) is 0.438. The fourth-order valence-electron chi connectivity index (χ4n) is 1.87. The van der Waals surface area contributed by atoms with E-state index in [9.17, 15) is 13.5 Å². The highest BCUT2D eigenvalue weighted by atomic mass is 35.7. The molecule has 0 aliphatic carbocycles. The molecule has 1 heterocycles. The molecule has 0 bridgehead atoms. The van der Waals surface area contributed by atoms with Crippen molar-refractivity contribution in [2.75, 3.05) is 12.4 Å². The van der Waals surface area contributed by atoms with Gasteiger partial charge < -0.3 is 9.84 Å². The predicted molar refractivity (Wildman–Crippen MR) is 60.6 cm³/mol. The minimum Gasteiger partial charge on any atom is -0.508 e. The molecule has 1 unspecified atom stereocenters. The Morgan fingerprint density at radius 1 is 1.50 bits per heavy atom. The number of ether oxygens (including phenoxy) is 1. The molecule has 88 valence electrons. The number of halogens is 1. The van der Waals surface area contributed by atoms with Gasteiger partial charge in [0.15, 0.2) is 0 Å². The first kappa shape index (κ1) is 11.5. The van der Waals surface area contributed by atoms with E-state index in [-0.39, 0.29) is 17.4 Å². The first-order valence-corrected chi connectivity index (χ1v) is 7.31. The molecular weight excluding hydrogens is 252 g/mol. The van der Waals surface area contributed by atoms with Crippen molar-refractivity contribution < 1.29 is 18.3 Å². The summed E-state index contributed by atoms with van der Waals surface area (Å²) in [5.74, 6) is 0.381. The third-order valence-corrected chi connectivity index (χ3v) is 3.74. The van der Waals surface area contributed by atoms with Crippen molar-refractivity contribution in [3.8, 4) is 11.5 Å². The number of hydrogen-bond donors (Lipinski definition) is 1. The Labute approximate surface area is 98.2 Å². The van der Waals surface area contributed by atoms with Crippen molar-refractivity contribution in [2.45, 2.75) is 12.3 Å². The molecule has 0 spiro atoms. The molecule has 0 amide bonds. The molecule has 0 fully saturated rings. The summed E-state index contributed by atoms with van der Waals surface area (Å²) in [6.07, 6.45) is 0.615. The first-order chi connectivity index (χ1) is 7.46. The Balaban J connectivity index is 2.33. The first-order valence-electron chi connectivity index (χ1n) is 4.84. The van der Waals surface area contributed by atoms with Gasteiger partial charge in [0.2, 0.25) is 9.05 Å². The van der Waals surface area contributed by atoms with E-state index in [1.807, 2.05) is 0 Å². The zero-order chi connectivity index (χ0) is 11.8. The highest BCUT2D eigenvalue weighted by molar-refractivity contribution is 8.13. The molecule has 16 heavy (non-hydrogen) atoms. The Morgan fingerprint density at radius 2 is 2.25 bits per heavy atom. The summed E-state index contributed by atoms with van der Waals surface area (Å²) < 4.78 is 27.5. The third-order valence-electron chi connectivity index (χ3n) is 2.56. The van der Waals surface area contributed by atoms with Crippen molar-refractivity contribution in [2.24, 2.45) is 0 Å². The number of fused-ring (bicyclic) bond motifs is 1. The van der Waals surface area contributed by atoms with E-state index in [0.29, 0.717) is 18.8 Å². The maximum atomic E-state index is 11.1. The summed E-state index contributed by atoms with van der Waals surface area (Å²) >= 11 is 0. The fourth-order valence-corrected chi connectivity index (χ4v) is 3.15. The van der Waals surface area contributed by atoms with Gasteiger partial charge in [0.25, 0.3) is 0 Å². The molecule has 0 aromatic heterocycles. The van der Waals surface area contributed by atoms with E-state index in [4.69, 9.17) is 15.4 Å². The lowest BCUT2D eigenvalue weighted by molar-refractivity contribution is 0.271. The van der Waals surface area contributed by atoms with E-state index in [0.717, 1.165) is 5.56 Å². The van der Waals surface area contributed by atoms with Crippen LogP contribution in [0, 0.1) is 0 Å². The minimum atomic E-state index is -3.52. The molecule has 4 nitrogen and oxygen atoms in total. The van der Waals surface area contributed by atoms with E-state index in [1.54, 1.807) is 6.07 Å². The van der Waals surface area contributed by atoms with Crippen molar-refractivity contribution in [1.29, 1.82) is 0 Å². The molecule has 1 aliphatic rings. The Morgan fingerprint density at radius 3 is 2.94 bits per heavy atom. The molecular formula is C10H11ClO4S. The van der Waals surface area contributed by atoms with Gasteiger partial charge in [-0.3, -0.25) is 0 Å². The number of phenolic OH excluding ortho intramolecular Hbond substituents is 1. The maximum Gasteiger partial charge on any atom is 0.233 e. The molecule has 1 aromatic carbocycles. The summed E-state index contributed by atoms with van der Waals surface area (Å²) in [5, 5.41) is 9.28. The lowest BCUT2D eigenvalue weighted by Gasteiger charge is -2.24. The quantitative estimate of drug-likeness (QED) is 0.826. The number of phenols is 1. The summed E-state index contributed by atoms with van der Waals surface area (Å²) in [6, 6.07) is 4.68. The SMILES string of the molecule is O=S(=O)(Cl)CC1CCOc2cc(O)ccc21. The average molecular weight is 263 g/mol. The number of benzene rings is 1. The van der Waals surface area contributed by atoms with Gasteiger partial charge in [-0.15, -0.1) is 0 Å². The van der Waals surface area contributed by atoms with Crippen LogP contribution in [-0.2, 0) is 9.05 Å². The van der Waals surface area contributed by atoms with Gasteiger partial charge in [-0.1, -0.05) is 6.07 Å². The molecule has 1 N–H and O–H groups in total. The highest BCUT2D eigenvalue weighted by Crippen LogP contribution is 2.36. The van der Waals surface area contributed by atoms with Crippen LogP contribution in [0.4, 0.5) is 0 Å². The van der Waals surface area contributed by atoms with Crippen LogP contribution < -0.4 is 4.74 Å². The third kappa shape index (κ3) is 2.59. The smallest absolute Gasteiger partial charge is 0.233 e. The van der Waals surface area contributed by atoms with Crippen LogP contribution >= 0.6 is 10.7 Å². The molecule has 2 rings (SSSR count). The normalized spacial score (nSPS) is 19.9. The van der Waals surface area contributed by atoms with Crippen molar-refractivity contribution in [3.63, 3.8) is 0 Å². The molecule has 1 aliphatic heterocycles. The van der Waals surface area contributed by atoms with Gasteiger partial charge in [-0.05, 0) is 18.1 Å². The topological polar surface area (TPSA) is 63.6 Å². The van der Waals surface area contributed by atoms with Gasteiger partial charge in [0.1, 0.15) is 11.5 Å². The van der Waals surface area contributed by atoms with Crippen molar-refractivity contribution in [3.05, 3.63) is 23.8 Å². The van der Waals surface area contributed by atoms with E-state index >= 15 is 0 Å². The lowest BCUT2D eigenvalue weighted by atomic mass is 9.95. The highest BCUT2D eigenvalue weighted by Gasteiger charge is 2.25. The average Bonchev–Trinajstić information content (AvgIpc) is 2.15. The van der Waals surface area contributed by atoms with Gasteiger partial charge in [0.05, 0.1) is 12.4 Å². The second-order valence-electron chi connectivity index (χ2n) is 3.76. The van der Waals surface area contributed by atoms with Crippen LogP contribution in [0.1, 0.15) is 17.9 Å². The maximum absolute atomic E-state index is 11.1. The lowest BCUT2D eigenvalue weighted by Crippen LogP contribution is -2.19. The Hall–Kier alpha value is -0.940. The molecule has 0 saturated heterocycles. The number of aromatic hydroxyl groups is 1. The Kier molecular flexibility index (Phi) is 2.99. The molecule has 0 radical (unpaired) electrons. The zero-order valence-corrected chi connectivity index (χ0v) is 9.96. The van der Waals surface area contributed by atoms with Crippen LogP contribution in [0.15, 0.2) is 18.2 Å². The van der Waals surface area contributed by atoms with Gasteiger partial charge in [0, 0.05) is 22.7 Å². The minimum absolute atomic E-state index is 0.101. The standard InChI is InChI=1S/C10H11ClO4S/c11-16(13,14)6-7-3-4-15-10-5-8(12)1-2-9(7)10/h1-2,5,7,12H,3-4,6H2. The van der Waals surface area contributed by atoms with Crippen LogP contribution in [-0.4, -0.2) is 25.9 Å². The fraction of sp³-hybridized carbons (Fsp3) is 0.400. The van der Waals surface area contributed by atoms with E-state index in [1.165, 1.54) is 12.1 Å². The molecule has 0 saturated carbocycles. The van der Waals surface area contributed by atoms with E-state index in [2.05, 4.69) is 0 Å². The van der Waals surface area contributed by atoms with Gasteiger partial charge >= 0.3 is 0 Å². The Bertz CT molecular complexity index is 498. The van der Waals surface area contributed by atoms with Crippen LogP contribution in [0.25, 0.3) is 0 Å². The van der Waals surface area contributed by atoms with Gasteiger partial charge in [-0.2, -0.15) is 0 Å². The van der Waals surface area contributed by atoms with Gasteiger partial charge in [-0.25, -0.2) is 8.42 Å². The van der Waals surface area contributed by atoms with Crippen LogP contribution in [0.2, 0.25) is 0 Å². The summed E-state index contributed by atoms with van der Waals surface area (Å²) in [5.41, 5.74) is 0.785.